The third-order valence-electron chi connectivity index (χ3n) is 4.90. The Bertz CT molecular complexity index is 856. The molecule has 0 radical (unpaired) electrons. The van der Waals surface area contributed by atoms with Gasteiger partial charge in [0.1, 0.15) is 18.1 Å². The zero-order valence-corrected chi connectivity index (χ0v) is 20.7. The Kier molecular flexibility index (Phi) is 15.4. The van der Waals surface area contributed by atoms with Crippen LogP contribution in [0, 0.1) is 0 Å². The van der Waals surface area contributed by atoms with E-state index in [0.717, 1.165) is 0 Å². The molecule has 3 amide bonds. The summed E-state index contributed by atoms with van der Waals surface area (Å²) in [7, 11) is 0. The molecule has 15 N–H and O–H groups in total. The molecular weight excluding hydrogens is 492 g/mol. The van der Waals surface area contributed by atoms with Crippen LogP contribution < -0.4 is 44.6 Å². The van der Waals surface area contributed by atoms with Crippen LogP contribution in [-0.2, 0) is 24.0 Å². The first-order valence-electron chi connectivity index (χ1n) is 11.5. The Morgan fingerprint density at radius 1 is 0.730 bits per heavy atom. The molecule has 0 aliphatic heterocycles. The van der Waals surface area contributed by atoms with E-state index in [9.17, 15) is 29.1 Å². The lowest BCUT2D eigenvalue weighted by Crippen LogP contribution is -2.56. The van der Waals surface area contributed by atoms with Gasteiger partial charge in [-0.1, -0.05) is 0 Å². The number of hydrogen-bond acceptors (Lipinski definition) is 8. The minimum atomic E-state index is -1.31. The molecule has 0 aliphatic rings. The highest BCUT2D eigenvalue weighted by Gasteiger charge is 2.28. The molecule has 37 heavy (non-hydrogen) atoms. The van der Waals surface area contributed by atoms with E-state index in [1.807, 2.05) is 0 Å². The lowest BCUT2D eigenvalue weighted by atomic mass is 10.1. The molecule has 0 aliphatic carbocycles. The summed E-state index contributed by atoms with van der Waals surface area (Å²) < 4.78 is 0. The quantitative estimate of drug-likeness (QED) is 0.0458. The number of guanidine groups is 2. The number of nitrogens with two attached hydrogens (primary N) is 5. The summed E-state index contributed by atoms with van der Waals surface area (Å²) in [5.41, 5.74) is 26.7. The molecule has 0 rings (SSSR count). The zero-order chi connectivity index (χ0) is 28.5. The van der Waals surface area contributed by atoms with Crippen molar-refractivity contribution in [3.63, 3.8) is 0 Å². The van der Waals surface area contributed by atoms with E-state index in [1.165, 1.54) is 6.92 Å². The second kappa shape index (κ2) is 17.3. The maximum atomic E-state index is 12.7. The molecule has 0 heterocycles. The van der Waals surface area contributed by atoms with Crippen molar-refractivity contribution in [3.8, 4) is 0 Å². The number of rotatable bonds is 18. The van der Waals surface area contributed by atoms with Crippen molar-refractivity contribution in [3.05, 3.63) is 0 Å². The van der Waals surface area contributed by atoms with Crippen LogP contribution in [-0.4, -0.2) is 89.0 Å². The van der Waals surface area contributed by atoms with Crippen LogP contribution in [0.1, 0.15) is 45.4 Å². The third kappa shape index (κ3) is 15.5. The predicted octanol–water partition coefficient (Wildman–Crippen LogP) is -4.16. The Hall–Kier alpha value is -4.15. The molecule has 0 saturated carbocycles. The topological polar surface area (TPSA) is 317 Å². The van der Waals surface area contributed by atoms with Crippen LogP contribution in [0.25, 0.3) is 0 Å². The minimum Gasteiger partial charge on any atom is -0.481 e. The molecule has 0 aromatic carbocycles. The smallest absolute Gasteiger partial charge is 0.326 e. The SMILES string of the molecule is CC(NC(=O)C(CCC(=O)O)NC(=O)C(N)CCCN=C(N)N)C(=O)NC(CCCN=C(N)N)C(=O)O. The molecule has 0 spiro atoms. The maximum Gasteiger partial charge on any atom is 0.326 e. The summed E-state index contributed by atoms with van der Waals surface area (Å²) in [5, 5.41) is 25.3. The number of hydrogen-bond donors (Lipinski definition) is 10. The first-order valence-corrected chi connectivity index (χ1v) is 11.5. The molecule has 0 bridgehead atoms. The zero-order valence-electron chi connectivity index (χ0n) is 20.7. The van der Waals surface area contributed by atoms with Crippen molar-refractivity contribution in [2.75, 3.05) is 13.1 Å². The number of carboxylic acids is 2. The van der Waals surface area contributed by atoms with Crippen LogP contribution in [0.5, 0.6) is 0 Å². The highest BCUT2D eigenvalue weighted by atomic mass is 16.4. The Balaban J connectivity index is 5.07. The normalized spacial score (nSPS) is 13.7. The second-order valence-electron chi connectivity index (χ2n) is 8.13. The van der Waals surface area contributed by atoms with Gasteiger partial charge in [-0.2, -0.15) is 0 Å². The van der Waals surface area contributed by atoms with Gasteiger partial charge in [-0.05, 0) is 39.0 Å². The number of aliphatic carboxylic acids is 2. The first kappa shape index (κ1) is 32.9. The number of carbonyl (C=O) groups excluding carboxylic acids is 3. The van der Waals surface area contributed by atoms with Gasteiger partial charge in [-0.25, -0.2) is 4.79 Å². The monoisotopic (exact) mass is 530 g/mol. The van der Waals surface area contributed by atoms with E-state index >= 15 is 0 Å². The largest absolute Gasteiger partial charge is 0.481 e. The molecule has 0 fully saturated rings. The fourth-order valence-corrected chi connectivity index (χ4v) is 2.90. The molecule has 17 nitrogen and oxygen atoms in total. The third-order valence-corrected chi connectivity index (χ3v) is 4.90. The summed E-state index contributed by atoms with van der Waals surface area (Å²) in [6.07, 6.45) is 0.142. The average molecular weight is 531 g/mol. The summed E-state index contributed by atoms with van der Waals surface area (Å²) in [6, 6.07) is -4.80. The summed E-state index contributed by atoms with van der Waals surface area (Å²) in [5.74, 6) is -5.11. The first-order chi connectivity index (χ1) is 17.2. The molecule has 0 aromatic heterocycles. The lowest BCUT2D eigenvalue weighted by molar-refractivity contribution is -0.142. The van der Waals surface area contributed by atoms with Crippen LogP contribution in [0.2, 0.25) is 0 Å². The van der Waals surface area contributed by atoms with Gasteiger partial charge >= 0.3 is 11.9 Å². The summed E-state index contributed by atoms with van der Waals surface area (Å²) in [4.78, 5) is 67.5. The second-order valence-corrected chi connectivity index (χ2v) is 8.13. The number of carboxylic acid groups (broad SMARTS) is 2. The maximum absolute atomic E-state index is 12.7. The van der Waals surface area contributed by atoms with Crippen molar-refractivity contribution in [2.24, 2.45) is 38.7 Å². The molecule has 4 atom stereocenters. The summed E-state index contributed by atoms with van der Waals surface area (Å²) >= 11 is 0. The Morgan fingerprint density at radius 2 is 1.24 bits per heavy atom. The number of nitrogens with one attached hydrogen (secondary N) is 3. The fourth-order valence-electron chi connectivity index (χ4n) is 2.90. The van der Waals surface area contributed by atoms with Gasteiger partial charge in [0.25, 0.3) is 0 Å². The van der Waals surface area contributed by atoms with E-state index < -0.39 is 60.2 Å². The van der Waals surface area contributed by atoms with Crippen LogP contribution in [0.15, 0.2) is 9.98 Å². The van der Waals surface area contributed by atoms with Crippen molar-refractivity contribution in [2.45, 2.75) is 69.6 Å². The van der Waals surface area contributed by atoms with Crippen molar-refractivity contribution < 1.29 is 34.2 Å². The molecule has 17 heteroatoms. The molecule has 0 aromatic rings. The molecular formula is C20H38N10O7. The van der Waals surface area contributed by atoms with Gasteiger partial charge in [0, 0.05) is 19.5 Å². The number of carbonyl (C=O) groups is 5. The molecule has 4 unspecified atom stereocenters. The highest BCUT2D eigenvalue weighted by molar-refractivity contribution is 5.94. The van der Waals surface area contributed by atoms with Gasteiger partial charge < -0.3 is 54.8 Å². The van der Waals surface area contributed by atoms with Crippen molar-refractivity contribution in [1.29, 1.82) is 0 Å². The van der Waals surface area contributed by atoms with Gasteiger partial charge in [-0.15, -0.1) is 0 Å². The Labute approximate surface area is 213 Å². The van der Waals surface area contributed by atoms with Gasteiger partial charge in [0.2, 0.25) is 17.7 Å². The molecule has 0 saturated heterocycles. The van der Waals surface area contributed by atoms with E-state index in [0.29, 0.717) is 6.42 Å². The van der Waals surface area contributed by atoms with E-state index in [-0.39, 0.29) is 50.7 Å². The van der Waals surface area contributed by atoms with Crippen LogP contribution in [0.3, 0.4) is 0 Å². The van der Waals surface area contributed by atoms with Crippen molar-refractivity contribution >= 4 is 41.6 Å². The number of aliphatic imine (C=N–C) groups is 2. The van der Waals surface area contributed by atoms with Gasteiger partial charge in [-0.3, -0.25) is 29.2 Å². The van der Waals surface area contributed by atoms with Gasteiger partial charge in [0.05, 0.1) is 6.04 Å². The van der Waals surface area contributed by atoms with Crippen molar-refractivity contribution in [1.82, 2.24) is 16.0 Å². The lowest BCUT2D eigenvalue weighted by Gasteiger charge is -2.23. The van der Waals surface area contributed by atoms with E-state index in [1.54, 1.807) is 0 Å². The van der Waals surface area contributed by atoms with E-state index in [4.69, 9.17) is 33.8 Å². The average Bonchev–Trinajstić information content (AvgIpc) is 2.79. The highest BCUT2D eigenvalue weighted by Crippen LogP contribution is 2.04. The minimum absolute atomic E-state index is 0.0247. The van der Waals surface area contributed by atoms with Crippen LogP contribution >= 0.6 is 0 Å². The fraction of sp³-hybridized carbons (Fsp3) is 0.650. The predicted molar refractivity (Wildman–Crippen MR) is 134 cm³/mol. The van der Waals surface area contributed by atoms with Crippen LogP contribution in [0.4, 0.5) is 0 Å². The number of nitrogens with zero attached hydrogens (tertiary/aromatic N) is 2. The Morgan fingerprint density at radius 3 is 1.73 bits per heavy atom. The summed E-state index contributed by atoms with van der Waals surface area (Å²) in [6.45, 7) is 1.71. The van der Waals surface area contributed by atoms with Gasteiger partial charge in [0.15, 0.2) is 11.9 Å². The van der Waals surface area contributed by atoms with E-state index in [2.05, 4.69) is 25.9 Å². The number of amides is 3. The standard InChI is InChI=1S/C20H38N10O7/c1-10(15(33)30-13(18(36)37)5-3-9-27-20(24)25)28-17(35)12(6-7-14(31)32)29-16(34)11(21)4-2-8-26-19(22)23/h10-13H,2-9,21H2,1H3,(H,28,35)(H,29,34)(H,30,33)(H,31,32)(H,36,37)(H4,22,23,26)(H4,24,25,27). The molecule has 210 valence electrons.